The summed E-state index contributed by atoms with van der Waals surface area (Å²) < 4.78 is 17.5. The van der Waals surface area contributed by atoms with Crippen LogP contribution in [-0.2, 0) is 23.8 Å². The summed E-state index contributed by atoms with van der Waals surface area (Å²) in [7, 11) is 0. The van der Waals surface area contributed by atoms with E-state index in [2.05, 4.69) is 105 Å². The third kappa shape index (κ3) is 43.8. The van der Waals surface area contributed by atoms with Crippen molar-refractivity contribution in [2.75, 3.05) is 13.2 Å². The summed E-state index contributed by atoms with van der Waals surface area (Å²) in [6.07, 6.45) is 70.4. The molecule has 8 atom stereocenters. The number of carbonyl (C=O) groups excluding carboxylic acids is 2. The fraction of sp³-hybridized carbons (Fsp3) is 0.629. The number of amides is 1. The highest BCUT2D eigenvalue weighted by molar-refractivity contribution is 5.80. The quantitative estimate of drug-likeness (QED) is 0.0149. The molecule has 1 rings (SSSR count). The van der Waals surface area contributed by atoms with Gasteiger partial charge in [-0.25, -0.2) is 0 Å². The molecule has 458 valence electrons. The van der Waals surface area contributed by atoms with Crippen LogP contribution in [0.15, 0.2) is 146 Å². The Morgan fingerprint density at radius 3 is 1.47 bits per heavy atom. The predicted molar refractivity (Wildman–Crippen MR) is 337 cm³/mol. The highest BCUT2D eigenvalue weighted by Crippen LogP contribution is 2.26. The molecule has 0 bridgehead atoms. The molecular formula is C70H113NO10. The number of unbranched alkanes of at least 4 members (excludes halogenated alkanes) is 19. The zero-order valence-corrected chi connectivity index (χ0v) is 50.6. The van der Waals surface area contributed by atoms with E-state index in [9.17, 15) is 35.1 Å². The van der Waals surface area contributed by atoms with Gasteiger partial charge in [-0.2, -0.15) is 0 Å². The van der Waals surface area contributed by atoms with E-state index in [0.29, 0.717) is 19.3 Å². The van der Waals surface area contributed by atoms with Gasteiger partial charge in [-0.15, -0.1) is 0 Å². The van der Waals surface area contributed by atoms with Crippen LogP contribution in [0.2, 0.25) is 0 Å². The lowest BCUT2D eigenvalue weighted by Crippen LogP contribution is -2.61. The molecule has 8 unspecified atom stereocenters. The van der Waals surface area contributed by atoms with Crippen LogP contribution in [0.25, 0.3) is 0 Å². The first-order valence-electron chi connectivity index (χ1n) is 31.7. The standard InChI is InChI=1S/C70H113NO10/c1-4-7-10-13-16-19-22-25-26-27-28-29-30-31-32-33-34-35-36-37-40-42-45-48-51-54-57-63(74)69(78)71-61(62(73)56-53-50-47-44-41-38-23-20-17-14-11-8-5-2)60-79-70-68(67(77)66(76)64(59-72)80-70)81-65(75)58-55-52-49-46-43-39-24-21-18-15-12-9-6-3/h7,9-10,12,15-16,18-19,21,24-26,28-29,31-32,34-35,39,43,46,49,53,56,61-64,66-68,70,72-74,76-77H,4-6,8,11,13-14,17,20,22-23,27,30,33,36-38,40-42,44-45,47-48,50-52,54-55,57-60H2,1-3H3,(H,71,78)/b10-7-,12-9+,18-15+,19-16-,24-21-,26-25-,29-28-,32-31-,35-34-,43-39-,49-46+,56-53+. The van der Waals surface area contributed by atoms with Crippen molar-refractivity contribution in [3.63, 3.8) is 0 Å². The van der Waals surface area contributed by atoms with E-state index in [0.717, 1.165) is 116 Å². The van der Waals surface area contributed by atoms with E-state index < -0.39 is 67.4 Å². The van der Waals surface area contributed by atoms with Gasteiger partial charge < -0.3 is 45.1 Å². The van der Waals surface area contributed by atoms with E-state index in [1.807, 2.05) is 60.8 Å². The number of allylic oxidation sites excluding steroid dienone is 23. The minimum absolute atomic E-state index is 0.0183. The fourth-order valence-electron chi connectivity index (χ4n) is 8.92. The molecule has 0 aromatic carbocycles. The van der Waals surface area contributed by atoms with E-state index in [-0.39, 0.29) is 19.4 Å². The molecule has 11 nitrogen and oxygen atoms in total. The smallest absolute Gasteiger partial charge is 0.306 e. The van der Waals surface area contributed by atoms with Gasteiger partial charge in [0.05, 0.1) is 25.4 Å². The molecule has 1 aliphatic heterocycles. The van der Waals surface area contributed by atoms with Crippen LogP contribution in [-0.4, -0.2) is 99.6 Å². The molecule has 1 heterocycles. The Kier molecular flexibility index (Phi) is 51.6. The number of ether oxygens (including phenoxy) is 3. The van der Waals surface area contributed by atoms with Gasteiger partial charge in [-0.1, -0.05) is 269 Å². The number of aliphatic hydroxyl groups is 5. The zero-order chi connectivity index (χ0) is 58.9. The normalized spacial score (nSPS) is 19.7. The maximum absolute atomic E-state index is 13.4. The van der Waals surface area contributed by atoms with Crippen molar-refractivity contribution in [1.29, 1.82) is 0 Å². The molecular weight excluding hydrogens is 1010 g/mol. The minimum Gasteiger partial charge on any atom is -0.454 e. The van der Waals surface area contributed by atoms with Gasteiger partial charge in [0.1, 0.15) is 24.4 Å². The summed E-state index contributed by atoms with van der Waals surface area (Å²) in [5.74, 6) is -1.29. The fourth-order valence-corrected chi connectivity index (χ4v) is 8.92. The lowest BCUT2D eigenvalue weighted by molar-refractivity contribution is -0.305. The largest absolute Gasteiger partial charge is 0.454 e. The Labute approximate surface area is 492 Å². The van der Waals surface area contributed by atoms with Gasteiger partial charge in [-0.05, 0) is 89.9 Å². The van der Waals surface area contributed by atoms with Crippen molar-refractivity contribution in [1.82, 2.24) is 5.32 Å². The predicted octanol–water partition coefficient (Wildman–Crippen LogP) is 15.4. The zero-order valence-electron chi connectivity index (χ0n) is 50.6. The third-order valence-electron chi connectivity index (χ3n) is 13.9. The van der Waals surface area contributed by atoms with Crippen LogP contribution >= 0.6 is 0 Å². The first kappa shape index (κ1) is 74.6. The molecule has 11 heteroatoms. The van der Waals surface area contributed by atoms with E-state index in [1.54, 1.807) is 6.08 Å². The van der Waals surface area contributed by atoms with Crippen molar-refractivity contribution in [2.45, 2.75) is 269 Å². The van der Waals surface area contributed by atoms with Crippen molar-refractivity contribution in [3.05, 3.63) is 146 Å². The van der Waals surface area contributed by atoms with Crippen LogP contribution in [0.1, 0.15) is 220 Å². The second-order valence-corrected chi connectivity index (χ2v) is 21.1. The lowest BCUT2D eigenvalue weighted by atomic mass is 9.99. The van der Waals surface area contributed by atoms with E-state index >= 15 is 0 Å². The number of hydrogen-bond donors (Lipinski definition) is 6. The molecule has 81 heavy (non-hydrogen) atoms. The molecule has 6 N–H and O–H groups in total. The van der Waals surface area contributed by atoms with Gasteiger partial charge in [-0.3, -0.25) is 9.59 Å². The summed E-state index contributed by atoms with van der Waals surface area (Å²) in [6.45, 7) is 5.47. The molecule has 1 aliphatic rings. The lowest BCUT2D eigenvalue weighted by Gasteiger charge is -2.41. The van der Waals surface area contributed by atoms with Crippen molar-refractivity contribution in [2.24, 2.45) is 0 Å². The molecule has 0 spiro atoms. The van der Waals surface area contributed by atoms with E-state index in [4.69, 9.17) is 14.2 Å². The van der Waals surface area contributed by atoms with Crippen LogP contribution in [0, 0.1) is 0 Å². The minimum atomic E-state index is -1.65. The van der Waals surface area contributed by atoms with Gasteiger partial charge in [0, 0.05) is 6.42 Å². The summed E-state index contributed by atoms with van der Waals surface area (Å²) in [6, 6.07) is -1.05. The molecule has 1 saturated heterocycles. The third-order valence-corrected chi connectivity index (χ3v) is 13.9. The van der Waals surface area contributed by atoms with Gasteiger partial charge in [0.15, 0.2) is 12.4 Å². The summed E-state index contributed by atoms with van der Waals surface area (Å²) in [5, 5.41) is 57.0. The molecule has 0 aliphatic carbocycles. The van der Waals surface area contributed by atoms with Gasteiger partial charge in [0.2, 0.25) is 5.91 Å². The number of nitrogens with one attached hydrogen (secondary N) is 1. The monoisotopic (exact) mass is 1130 g/mol. The Morgan fingerprint density at radius 1 is 0.506 bits per heavy atom. The molecule has 0 radical (unpaired) electrons. The Balaban J connectivity index is 2.68. The molecule has 1 amide bonds. The highest BCUT2D eigenvalue weighted by atomic mass is 16.7. The Hall–Kier alpha value is -4.46. The second kappa shape index (κ2) is 56.0. The van der Waals surface area contributed by atoms with Crippen molar-refractivity contribution < 1.29 is 49.3 Å². The summed E-state index contributed by atoms with van der Waals surface area (Å²) in [5.41, 5.74) is 0. The second-order valence-electron chi connectivity index (χ2n) is 21.1. The summed E-state index contributed by atoms with van der Waals surface area (Å²) in [4.78, 5) is 26.5. The molecule has 0 aromatic rings. The molecule has 0 saturated carbocycles. The average molecular weight is 1130 g/mol. The number of carbonyl (C=O) groups is 2. The van der Waals surface area contributed by atoms with Crippen LogP contribution < -0.4 is 5.32 Å². The van der Waals surface area contributed by atoms with E-state index in [1.165, 1.54) is 51.4 Å². The maximum Gasteiger partial charge on any atom is 0.306 e. The van der Waals surface area contributed by atoms with Crippen LogP contribution in [0.4, 0.5) is 0 Å². The topological polar surface area (TPSA) is 175 Å². The van der Waals surface area contributed by atoms with Crippen molar-refractivity contribution >= 4 is 11.9 Å². The van der Waals surface area contributed by atoms with Gasteiger partial charge >= 0.3 is 5.97 Å². The number of esters is 1. The molecule has 0 aromatic heterocycles. The number of aliphatic hydroxyl groups excluding tert-OH is 5. The average Bonchev–Trinajstić information content (AvgIpc) is 3.52. The first-order chi connectivity index (χ1) is 39.7. The Bertz CT molecular complexity index is 1870. The van der Waals surface area contributed by atoms with Crippen LogP contribution in [0.3, 0.4) is 0 Å². The number of rotatable bonds is 51. The van der Waals surface area contributed by atoms with Crippen LogP contribution in [0.5, 0.6) is 0 Å². The van der Waals surface area contributed by atoms with Crippen molar-refractivity contribution in [3.8, 4) is 0 Å². The molecule has 1 fully saturated rings. The highest BCUT2D eigenvalue weighted by Gasteiger charge is 2.47. The van der Waals surface area contributed by atoms with Gasteiger partial charge in [0.25, 0.3) is 0 Å². The maximum atomic E-state index is 13.4. The number of hydrogen-bond acceptors (Lipinski definition) is 10. The SMILES string of the molecule is CC/C=C\C/C=C\C/C=C\C/C=C\C/C=C\C/C=C\CCCCCCCCCC(O)C(=O)NC(COC1OC(CO)C(O)C(O)C1OC(=O)CCC/C=C/C=C\C=C/C=C/C=C/CC)C(O)/C=C/CCCCCCCCCCCCC. The Morgan fingerprint density at radius 2 is 0.951 bits per heavy atom. The first-order valence-corrected chi connectivity index (χ1v) is 31.7. The summed E-state index contributed by atoms with van der Waals surface area (Å²) >= 11 is 0.